The van der Waals surface area contributed by atoms with Crippen molar-refractivity contribution in [3.63, 3.8) is 0 Å². The summed E-state index contributed by atoms with van der Waals surface area (Å²) in [6.45, 7) is 5.64. The van der Waals surface area contributed by atoms with E-state index in [-0.39, 0.29) is 35.5 Å². The molecule has 1 aromatic rings. The Balaban J connectivity index is 2.39. The van der Waals surface area contributed by atoms with E-state index in [0.717, 1.165) is 32.4 Å². The third kappa shape index (κ3) is 7.47. The first-order valence-electron chi connectivity index (χ1n) is 11.9. The van der Waals surface area contributed by atoms with Crippen LogP contribution in [-0.2, 0) is 25.4 Å². The van der Waals surface area contributed by atoms with Gasteiger partial charge in [0.2, 0.25) is 0 Å². The summed E-state index contributed by atoms with van der Waals surface area (Å²) < 4.78 is 41.0. The van der Waals surface area contributed by atoms with Crippen molar-refractivity contribution in [2.24, 2.45) is 5.92 Å². The Morgan fingerprint density at radius 3 is 2.29 bits per heavy atom. The van der Waals surface area contributed by atoms with Crippen LogP contribution in [0.3, 0.4) is 0 Å². The molecule has 2 amide bonds. The van der Waals surface area contributed by atoms with Crippen LogP contribution in [0.1, 0.15) is 58.4 Å². The lowest BCUT2D eigenvalue weighted by Gasteiger charge is -2.28. The minimum absolute atomic E-state index is 0.0144. The van der Waals surface area contributed by atoms with Crippen molar-refractivity contribution < 1.29 is 42.5 Å². The van der Waals surface area contributed by atoms with Crippen LogP contribution in [0.4, 0.5) is 14.0 Å². The van der Waals surface area contributed by atoms with Crippen LogP contribution in [0, 0.1) is 11.7 Å². The highest BCUT2D eigenvalue weighted by atomic mass is 19.1. The van der Waals surface area contributed by atoms with Crippen LogP contribution in [0.25, 0.3) is 0 Å². The van der Waals surface area contributed by atoms with E-state index >= 15 is 0 Å². The van der Waals surface area contributed by atoms with Gasteiger partial charge in [-0.1, -0.05) is 26.7 Å². The van der Waals surface area contributed by atoms with Gasteiger partial charge in [0.1, 0.15) is 24.1 Å². The zero-order valence-electron chi connectivity index (χ0n) is 21.3. The third-order valence-electron chi connectivity index (χ3n) is 5.91. The number of nitrogens with zero attached hydrogens (tertiary/aromatic N) is 1. The molecule has 35 heavy (non-hydrogen) atoms. The van der Waals surface area contributed by atoms with Gasteiger partial charge >= 0.3 is 18.2 Å². The van der Waals surface area contributed by atoms with E-state index in [9.17, 15) is 18.8 Å². The smallest absolute Gasteiger partial charge is 0.420 e. The molecule has 1 fully saturated rings. The molecule has 0 heterocycles. The van der Waals surface area contributed by atoms with E-state index in [1.165, 1.54) is 20.3 Å². The average molecular weight is 498 g/mol. The zero-order chi connectivity index (χ0) is 26.1. The molecular formula is C25H36FNO8. The Kier molecular flexibility index (Phi) is 10.6. The number of hydrogen-bond acceptors (Lipinski definition) is 8. The van der Waals surface area contributed by atoms with Gasteiger partial charge < -0.3 is 23.7 Å². The molecule has 0 aromatic heterocycles. The Morgan fingerprint density at radius 2 is 1.71 bits per heavy atom. The van der Waals surface area contributed by atoms with Crippen molar-refractivity contribution in [1.29, 1.82) is 0 Å². The summed E-state index contributed by atoms with van der Waals surface area (Å²) in [4.78, 5) is 39.6. The van der Waals surface area contributed by atoms with E-state index in [0.29, 0.717) is 17.7 Å². The third-order valence-corrected chi connectivity index (χ3v) is 5.91. The largest absolute Gasteiger partial charge is 0.493 e. The van der Waals surface area contributed by atoms with E-state index in [2.05, 4.69) is 0 Å². The molecular weight excluding hydrogens is 461 g/mol. The summed E-state index contributed by atoms with van der Waals surface area (Å²) in [7, 11) is 3.87. The second kappa shape index (κ2) is 13.2. The standard InChI is InChI=1S/C25H36FNO8/c1-7-9-15(3)34-24(29)27(25(30)35-20-12-16(20)10-8-2)19(23(28)33-6)11-17-13-21(31-4)22(32-5)14-18(17)26/h13-16,19-20H,7-12H2,1-6H3. The minimum atomic E-state index is -1.52. The number of esters is 1. The number of ether oxygens (including phenoxy) is 5. The van der Waals surface area contributed by atoms with Crippen molar-refractivity contribution in [2.45, 2.75) is 77.5 Å². The van der Waals surface area contributed by atoms with Crippen molar-refractivity contribution >= 4 is 18.2 Å². The van der Waals surface area contributed by atoms with Crippen LogP contribution < -0.4 is 9.47 Å². The molecule has 10 heteroatoms. The number of carbonyl (C=O) groups is 3. The molecule has 4 unspecified atom stereocenters. The first-order chi connectivity index (χ1) is 16.7. The van der Waals surface area contributed by atoms with Crippen LogP contribution >= 0.6 is 0 Å². The van der Waals surface area contributed by atoms with Crippen molar-refractivity contribution in [3.05, 3.63) is 23.5 Å². The Labute approximate surface area is 205 Å². The molecule has 1 saturated carbocycles. The molecule has 0 spiro atoms. The molecule has 0 saturated heterocycles. The topological polar surface area (TPSA) is 101 Å². The lowest BCUT2D eigenvalue weighted by atomic mass is 10.0. The number of halogens is 1. The van der Waals surface area contributed by atoms with E-state index in [1.54, 1.807) is 6.92 Å². The maximum atomic E-state index is 14.9. The van der Waals surface area contributed by atoms with Crippen LogP contribution in [0.5, 0.6) is 11.5 Å². The number of imide groups is 1. The summed E-state index contributed by atoms with van der Waals surface area (Å²) in [5.41, 5.74) is 0.0144. The maximum Gasteiger partial charge on any atom is 0.420 e. The fourth-order valence-corrected chi connectivity index (χ4v) is 3.93. The summed E-state index contributed by atoms with van der Waals surface area (Å²) in [6, 6.07) is 0.924. The molecule has 0 N–H and O–H groups in total. The van der Waals surface area contributed by atoms with Crippen molar-refractivity contribution in [1.82, 2.24) is 4.90 Å². The molecule has 1 aliphatic rings. The molecule has 1 aliphatic carbocycles. The van der Waals surface area contributed by atoms with Gasteiger partial charge in [-0.2, -0.15) is 4.90 Å². The van der Waals surface area contributed by atoms with Gasteiger partial charge in [-0.05, 0) is 43.7 Å². The lowest BCUT2D eigenvalue weighted by Crippen LogP contribution is -2.51. The second-order valence-corrected chi connectivity index (χ2v) is 8.60. The normalized spacial score (nSPS) is 18.1. The summed E-state index contributed by atoms with van der Waals surface area (Å²) in [5.74, 6) is -1.04. The van der Waals surface area contributed by atoms with Crippen molar-refractivity contribution in [2.75, 3.05) is 21.3 Å². The Hall–Kier alpha value is -3.04. The van der Waals surface area contributed by atoms with E-state index in [4.69, 9.17) is 23.7 Å². The molecule has 1 aromatic carbocycles. The van der Waals surface area contributed by atoms with Gasteiger partial charge in [0.25, 0.3) is 0 Å². The monoisotopic (exact) mass is 497 g/mol. The highest BCUT2D eigenvalue weighted by Crippen LogP contribution is 2.38. The summed E-state index contributed by atoms with van der Waals surface area (Å²) in [6.07, 6.45) is 0.485. The van der Waals surface area contributed by atoms with Gasteiger partial charge in [0.05, 0.1) is 21.3 Å². The summed E-state index contributed by atoms with van der Waals surface area (Å²) >= 11 is 0. The van der Waals surface area contributed by atoms with Crippen LogP contribution in [0.2, 0.25) is 0 Å². The van der Waals surface area contributed by atoms with Crippen LogP contribution in [-0.4, -0.2) is 62.6 Å². The highest BCUT2D eigenvalue weighted by molar-refractivity contribution is 5.94. The fourth-order valence-electron chi connectivity index (χ4n) is 3.93. The van der Waals surface area contributed by atoms with Gasteiger partial charge in [0, 0.05) is 12.5 Å². The predicted molar refractivity (Wildman–Crippen MR) is 125 cm³/mol. The number of carbonyl (C=O) groups excluding carboxylic acids is 3. The molecule has 4 atom stereocenters. The summed E-state index contributed by atoms with van der Waals surface area (Å²) in [5, 5.41) is 0. The molecule has 9 nitrogen and oxygen atoms in total. The molecule has 0 aliphatic heterocycles. The SMILES string of the molecule is CCCC(C)OC(=O)N(C(=O)OC1CC1CCC)C(Cc1cc(OC)c(OC)cc1F)C(=O)OC. The van der Waals surface area contributed by atoms with Crippen molar-refractivity contribution in [3.8, 4) is 11.5 Å². The number of hydrogen-bond donors (Lipinski definition) is 0. The molecule has 0 bridgehead atoms. The quantitative estimate of drug-likeness (QED) is 0.298. The van der Waals surface area contributed by atoms with Gasteiger partial charge in [-0.25, -0.2) is 18.8 Å². The minimum Gasteiger partial charge on any atom is -0.493 e. The molecule has 0 radical (unpaired) electrons. The maximum absolute atomic E-state index is 14.9. The number of amides is 2. The molecule has 2 rings (SSSR count). The fraction of sp³-hybridized carbons (Fsp3) is 0.640. The van der Waals surface area contributed by atoms with Gasteiger partial charge in [-0.3, -0.25) is 0 Å². The number of benzene rings is 1. The lowest BCUT2D eigenvalue weighted by molar-refractivity contribution is -0.146. The molecule has 196 valence electrons. The van der Waals surface area contributed by atoms with Crippen LogP contribution in [0.15, 0.2) is 12.1 Å². The first kappa shape index (κ1) is 28.2. The first-order valence-corrected chi connectivity index (χ1v) is 11.9. The van der Waals surface area contributed by atoms with Gasteiger partial charge in [-0.15, -0.1) is 0 Å². The van der Waals surface area contributed by atoms with Gasteiger partial charge in [0.15, 0.2) is 11.5 Å². The van der Waals surface area contributed by atoms with E-state index in [1.807, 2.05) is 13.8 Å². The number of methoxy groups -OCH3 is 3. The average Bonchev–Trinajstić information content (AvgIpc) is 3.55. The highest BCUT2D eigenvalue weighted by Gasteiger charge is 2.45. The Bertz CT molecular complexity index is 892. The zero-order valence-corrected chi connectivity index (χ0v) is 21.3. The second-order valence-electron chi connectivity index (χ2n) is 8.60. The Morgan fingerprint density at radius 1 is 1.06 bits per heavy atom. The number of rotatable bonds is 12. The predicted octanol–water partition coefficient (Wildman–Crippen LogP) is 4.88. The van der Waals surface area contributed by atoms with E-state index < -0.39 is 36.1 Å².